The van der Waals surface area contributed by atoms with Gasteiger partial charge < -0.3 is 10.6 Å². The molecule has 1 atom stereocenters. The minimum atomic E-state index is -0.252. The van der Waals surface area contributed by atoms with Crippen molar-refractivity contribution in [3.8, 4) is 0 Å². The van der Waals surface area contributed by atoms with Gasteiger partial charge in [-0.1, -0.05) is 12.1 Å². The highest BCUT2D eigenvalue weighted by molar-refractivity contribution is 5.76. The van der Waals surface area contributed by atoms with Gasteiger partial charge in [0, 0.05) is 13.0 Å². The van der Waals surface area contributed by atoms with Gasteiger partial charge in [-0.2, -0.15) is 0 Å². The molecule has 1 aromatic rings. The fourth-order valence-electron chi connectivity index (χ4n) is 2.24. The Labute approximate surface area is 107 Å². The Morgan fingerprint density at radius 2 is 2.17 bits per heavy atom. The van der Waals surface area contributed by atoms with E-state index in [-0.39, 0.29) is 11.7 Å². The lowest BCUT2D eigenvalue weighted by Crippen LogP contribution is -2.34. The summed E-state index contributed by atoms with van der Waals surface area (Å²) in [4.78, 5) is 11.7. The number of hydrogen-bond donors (Lipinski definition) is 2. The highest BCUT2D eigenvalue weighted by Crippen LogP contribution is 2.13. The highest BCUT2D eigenvalue weighted by Gasteiger charge is 2.16. The molecule has 2 N–H and O–H groups in total. The average molecular weight is 250 g/mol. The Balaban J connectivity index is 1.72. The van der Waals surface area contributed by atoms with Gasteiger partial charge in [-0.25, -0.2) is 4.39 Å². The molecule has 0 aliphatic carbocycles. The smallest absolute Gasteiger partial charge is 0.220 e. The molecule has 1 saturated heterocycles. The van der Waals surface area contributed by atoms with Crippen molar-refractivity contribution < 1.29 is 9.18 Å². The summed E-state index contributed by atoms with van der Waals surface area (Å²) in [7, 11) is 0. The molecule has 1 unspecified atom stereocenters. The largest absolute Gasteiger partial charge is 0.352 e. The molecule has 98 valence electrons. The molecule has 0 saturated carbocycles. The van der Waals surface area contributed by atoms with E-state index in [9.17, 15) is 9.18 Å². The topological polar surface area (TPSA) is 41.1 Å². The first-order valence-electron chi connectivity index (χ1n) is 6.46. The van der Waals surface area contributed by atoms with Crippen LogP contribution in [-0.2, 0) is 11.3 Å². The Bertz CT molecular complexity index is 385. The molecule has 1 heterocycles. The number of carbonyl (C=O) groups is 1. The lowest BCUT2D eigenvalue weighted by molar-refractivity contribution is -0.122. The molecule has 1 aromatic carbocycles. The van der Waals surface area contributed by atoms with Crippen molar-refractivity contribution in [3.05, 3.63) is 35.6 Å². The third kappa shape index (κ3) is 4.11. The molecule has 2 rings (SSSR count). The number of halogens is 1. The standard InChI is InChI=1S/C14H19FN2O/c15-13-5-3-11(4-6-13)10-17-14(18)8-12-2-1-7-16-9-12/h3-6,12,16H,1-2,7-10H2,(H,17,18). The van der Waals surface area contributed by atoms with Crippen LogP contribution in [0.4, 0.5) is 4.39 Å². The van der Waals surface area contributed by atoms with Gasteiger partial charge in [0.2, 0.25) is 5.91 Å². The molecule has 0 radical (unpaired) electrons. The second-order valence-electron chi connectivity index (χ2n) is 4.82. The monoisotopic (exact) mass is 250 g/mol. The molecule has 1 fully saturated rings. The van der Waals surface area contributed by atoms with Gasteiger partial charge in [0.05, 0.1) is 0 Å². The number of carbonyl (C=O) groups excluding carboxylic acids is 1. The van der Waals surface area contributed by atoms with Crippen LogP contribution in [-0.4, -0.2) is 19.0 Å². The molecule has 18 heavy (non-hydrogen) atoms. The van der Waals surface area contributed by atoms with Crippen LogP contribution in [0.15, 0.2) is 24.3 Å². The molecule has 0 bridgehead atoms. The number of piperidine rings is 1. The van der Waals surface area contributed by atoms with Crippen LogP contribution in [0.25, 0.3) is 0 Å². The average Bonchev–Trinajstić information content (AvgIpc) is 2.39. The van der Waals surface area contributed by atoms with Crippen LogP contribution in [0.1, 0.15) is 24.8 Å². The third-order valence-corrected chi connectivity index (χ3v) is 3.28. The molecular weight excluding hydrogens is 231 g/mol. The van der Waals surface area contributed by atoms with E-state index in [4.69, 9.17) is 0 Å². The van der Waals surface area contributed by atoms with Crippen molar-refractivity contribution in [2.45, 2.75) is 25.8 Å². The zero-order valence-electron chi connectivity index (χ0n) is 10.4. The van der Waals surface area contributed by atoms with Gasteiger partial charge in [0.1, 0.15) is 5.82 Å². The van der Waals surface area contributed by atoms with Crippen molar-refractivity contribution >= 4 is 5.91 Å². The highest BCUT2D eigenvalue weighted by atomic mass is 19.1. The zero-order valence-corrected chi connectivity index (χ0v) is 10.4. The SMILES string of the molecule is O=C(CC1CCCNC1)NCc1ccc(F)cc1. The fourth-order valence-corrected chi connectivity index (χ4v) is 2.24. The van der Waals surface area contributed by atoms with Gasteiger partial charge >= 0.3 is 0 Å². The Kier molecular flexibility index (Phi) is 4.70. The maximum absolute atomic E-state index is 12.7. The van der Waals surface area contributed by atoms with Crippen molar-refractivity contribution in [1.29, 1.82) is 0 Å². The summed E-state index contributed by atoms with van der Waals surface area (Å²) in [6, 6.07) is 6.20. The minimum absolute atomic E-state index is 0.0769. The first kappa shape index (κ1) is 13.0. The van der Waals surface area contributed by atoms with E-state index in [1.54, 1.807) is 12.1 Å². The molecule has 0 spiro atoms. The summed E-state index contributed by atoms with van der Waals surface area (Å²) in [6.45, 7) is 2.47. The first-order valence-corrected chi connectivity index (χ1v) is 6.46. The van der Waals surface area contributed by atoms with E-state index < -0.39 is 0 Å². The van der Waals surface area contributed by atoms with Crippen molar-refractivity contribution in [2.75, 3.05) is 13.1 Å². The number of nitrogens with one attached hydrogen (secondary N) is 2. The number of benzene rings is 1. The summed E-state index contributed by atoms with van der Waals surface area (Å²) >= 11 is 0. The lowest BCUT2D eigenvalue weighted by Gasteiger charge is -2.22. The molecule has 1 amide bonds. The van der Waals surface area contributed by atoms with E-state index in [2.05, 4.69) is 10.6 Å². The Morgan fingerprint density at radius 3 is 2.83 bits per heavy atom. The maximum atomic E-state index is 12.7. The summed E-state index contributed by atoms with van der Waals surface area (Å²) in [5.41, 5.74) is 0.923. The van der Waals surface area contributed by atoms with Gasteiger partial charge in [0.15, 0.2) is 0 Å². The molecule has 1 aliphatic rings. The minimum Gasteiger partial charge on any atom is -0.352 e. The third-order valence-electron chi connectivity index (χ3n) is 3.28. The van der Waals surface area contributed by atoms with Crippen LogP contribution in [0.5, 0.6) is 0 Å². The first-order chi connectivity index (χ1) is 8.74. The second-order valence-corrected chi connectivity index (χ2v) is 4.82. The van der Waals surface area contributed by atoms with Crippen LogP contribution >= 0.6 is 0 Å². The predicted octanol–water partition coefficient (Wildman–Crippen LogP) is 1.83. The molecule has 4 heteroatoms. The summed E-state index contributed by atoms with van der Waals surface area (Å²) in [5.74, 6) is 0.276. The second kappa shape index (κ2) is 6.50. The van der Waals surface area contributed by atoms with E-state index >= 15 is 0 Å². The van der Waals surface area contributed by atoms with Crippen molar-refractivity contribution in [3.63, 3.8) is 0 Å². The van der Waals surface area contributed by atoms with Crippen LogP contribution < -0.4 is 10.6 Å². The lowest BCUT2D eigenvalue weighted by atomic mass is 9.96. The molecular formula is C14H19FN2O. The molecule has 1 aliphatic heterocycles. The fraction of sp³-hybridized carbons (Fsp3) is 0.500. The van der Waals surface area contributed by atoms with Crippen molar-refractivity contribution in [2.24, 2.45) is 5.92 Å². The van der Waals surface area contributed by atoms with Gasteiger partial charge in [0.25, 0.3) is 0 Å². The zero-order chi connectivity index (χ0) is 12.8. The van der Waals surface area contributed by atoms with Crippen LogP contribution in [0, 0.1) is 11.7 Å². The van der Waals surface area contributed by atoms with Crippen molar-refractivity contribution in [1.82, 2.24) is 10.6 Å². The summed E-state index contributed by atoms with van der Waals surface area (Å²) in [5, 5.41) is 6.18. The summed E-state index contributed by atoms with van der Waals surface area (Å²) < 4.78 is 12.7. The van der Waals surface area contributed by atoms with E-state index in [1.165, 1.54) is 12.1 Å². The van der Waals surface area contributed by atoms with Crippen LogP contribution in [0.2, 0.25) is 0 Å². The summed E-state index contributed by atoms with van der Waals surface area (Å²) in [6.07, 6.45) is 2.85. The normalized spacial score (nSPS) is 19.5. The number of hydrogen-bond acceptors (Lipinski definition) is 2. The Hall–Kier alpha value is -1.42. The van der Waals surface area contributed by atoms with Gasteiger partial charge in [-0.3, -0.25) is 4.79 Å². The van der Waals surface area contributed by atoms with Crippen LogP contribution in [0.3, 0.4) is 0 Å². The van der Waals surface area contributed by atoms with Gasteiger partial charge in [-0.05, 0) is 49.5 Å². The quantitative estimate of drug-likeness (QED) is 0.856. The predicted molar refractivity (Wildman–Crippen MR) is 68.5 cm³/mol. The number of rotatable bonds is 4. The van der Waals surface area contributed by atoms with E-state index in [0.29, 0.717) is 18.9 Å². The van der Waals surface area contributed by atoms with E-state index in [0.717, 1.165) is 31.5 Å². The van der Waals surface area contributed by atoms with E-state index in [1.807, 2.05) is 0 Å². The van der Waals surface area contributed by atoms with Gasteiger partial charge in [-0.15, -0.1) is 0 Å². The number of amides is 1. The maximum Gasteiger partial charge on any atom is 0.220 e. The molecule has 0 aromatic heterocycles. The molecule has 3 nitrogen and oxygen atoms in total. The Morgan fingerprint density at radius 1 is 1.39 bits per heavy atom.